The number of benzene rings is 1. The summed E-state index contributed by atoms with van der Waals surface area (Å²) in [6.45, 7) is 2.02. The van der Waals surface area contributed by atoms with Crippen LogP contribution >= 0.6 is 0 Å². The lowest BCUT2D eigenvalue weighted by atomic mass is 10.1. The molecule has 0 bridgehead atoms. The number of aliphatic carboxylic acids is 1. The van der Waals surface area contributed by atoms with Gasteiger partial charge in [0.25, 0.3) is 5.91 Å². The van der Waals surface area contributed by atoms with Gasteiger partial charge >= 0.3 is 5.97 Å². The molecule has 0 aromatic heterocycles. The highest BCUT2D eigenvalue weighted by atomic mass is 16.4. The third-order valence-electron chi connectivity index (χ3n) is 3.01. The molecule has 2 rings (SSSR count). The number of rotatable bonds is 4. The average molecular weight is 245 g/mol. The van der Waals surface area contributed by atoms with Crippen LogP contribution in [0.5, 0.6) is 0 Å². The van der Waals surface area contributed by atoms with Crippen molar-refractivity contribution in [2.24, 2.45) is 0 Å². The summed E-state index contributed by atoms with van der Waals surface area (Å²) in [4.78, 5) is 22.2. The smallest absolute Gasteiger partial charge is 0.328 e. The van der Waals surface area contributed by atoms with Gasteiger partial charge in [-0.3, -0.25) is 4.79 Å². The first kappa shape index (κ1) is 12.4. The van der Waals surface area contributed by atoms with Crippen LogP contribution in [-0.4, -0.2) is 22.5 Å². The van der Waals surface area contributed by atoms with Crippen molar-refractivity contribution in [3.8, 4) is 0 Å². The Bertz CT molecular complexity index is 498. The van der Waals surface area contributed by atoms with Gasteiger partial charge in [0, 0.05) is 17.2 Å². The molecule has 1 aromatic rings. The van der Waals surface area contributed by atoms with Gasteiger partial charge < -0.3 is 10.4 Å². The SMILES string of the molecule is CC1(NC(=O)c2ccc(/C=C/C(=O)O)cc2)CC1. The monoisotopic (exact) mass is 245 g/mol. The normalized spacial score (nSPS) is 16.5. The summed E-state index contributed by atoms with van der Waals surface area (Å²) >= 11 is 0. The summed E-state index contributed by atoms with van der Waals surface area (Å²) in [5, 5.41) is 11.5. The van der Waals surface area contributed by atoms with E-state index >= 15 is 0 Å². The predicted octanol–water partition coefficient (Wildman–Crippen LogP) is 2.07. The van der Waals surface area contributed by atoms with Crippen LogP contribution in [0.2, 0.25) is 0 Å². The van der Waals surface area contributed by atoms with Crippen LogP contribution in [0.1, 0.15) is 35.7 Å². The highest BCUT2D eigenvalue weighted by Gasteiger charge is 2.38. The summed E-state index contributed by atoms with van der Waals surface area (Å²) in [6.07, 6.45) is 4.61. The molecule has 0 aliphatic heterocycles. The minimum absolute atomic E-state index is 0.0288. The summed E-state index contributed by atoms with van der Waals surface area (Å²) in [7, 11) is 0. The molecule has 94 valence electrons. The Hall–Kier alpha value is -2.10. The fourth-order valence-corrected chi connectivity index (χ4v) is 1.57. The van der Waals surface area contributed by atoms with Gasteiger partial charge in [-0.1, -0.05) is 12.1 Å². The van der Waals surface area contributed by atoms with Crippen molar-refractivity contribution < 1.29 is 14.7 Å². The Morgan fingerprint density at radius 2 is 1.89 bits per heavy atom. The Kier molecular flexibility index (Phi) is 3.19. The molecule has 1 aliphatic rings. The van der Waals surface area contributed by atoms with Crippen LogP contribution < -0.4 is 5.32 Å². The Morgan fingerprint density at radius 1 is 1.28 bits per heavy atom. The molecule has 0 radical (unpaired) electrons. The molecular weight excluding hydrogens is 230 g/mol. The Balaban J connectivity index is 2.02. The van der Waals surface area contributed by atoms with E-state index in [0.29, 0.717) is 5.56 Å². The Labute approximate surface area is 105 Å². The van der Waals surface area contributed by atoms with Crippen LogP contribution in [0, 0.1) is 0 Å². The lowest BCUT2D eigenvalue weighted by Crippen LogP contribution is -2.34. The lowest BCUT2D eigenvalue weighted by Gasteiger charge is -2.11. The first-order valence-corrected chi connectivity index (χ1v) is 5.82. The van der Waals surface area contributed by atoms with E-state index in [1.165, 1.54) is 6.08 Å². The quantitative estimate of drug-likeness (QED) is 0.798. The maximum absolute atomic E-state index is 11.9. The van der Waals surface area contributed by atoms with Gasteiger partial charge in [-0.15, -0.1) is 0 Å². The molecule has 0 unspecified atom stereocenters. The van der Waals surface area contributed by atoms with Crippen LogP contribution in [0.25, 0.3) is 6.08 Å². The maximum Gasteiger partial charge on any atom is 0.328 e. The molecule has 0 atom stereocenters. The summed E-state index contributed by atoms with van der Waals surface area (Å²) < 4.78 is 0. The van der Waals surface area contributed by atoms with Crippen molar-refractivity contribution in [2.75, 3.05) is 0 Å². The first-order chi connectivity index (χ1) is 8.48. The molecule has 1 aliphatic carbocycles. The third kappa shape index (κ3) is 3.20. The van der Waals surface area contributed by atoms with E-state index in [1.807, 2.05) is 6.92 Å². The highest BCUT2D eigenvalue weighted by molar-refractivity contribution is 5.95. The van der Waals surface area contributed by atoms with Crippen LogP contribution in [0.15, 0.2) is 30.3 Å². The van der Waals surface area contributed by atoms with Gasteiger partial charge in [-0.05, 0) is 43.5 Å². The standard InChI is InChI=1S/C14H15NO3/c1-14(8-9-14)15-13(18)11-5-2-10(3-6-11)4-7-12(16)17/h2-7H,8-9H2,1H3,(H,15,18)(H,16,17)/b7-4+. The van der Waals surface area contributed by atoms with Crippen LogP contribution in [0.4, 0.5) is 0 Å². The zero-order valence-electron chi connectivity index (χ0n) is 10.1. The molecule has 1 saturated carbocycles. The Morgan fingerprint density at radius 3 is 2.39 bits per heavy atom. The molecule has 0 saturated heterocycles. The average Bonchev–Trinajstić information content (AvgIpc) is 3.04. The molecule has 1 fully saturated rings. The molecule has 4 nitrogen and oxygen atoms in total. The zero-order valence-corrected chi connectivity index (χ0v) is 10.1. The predicted molar refractivity (Wildman–Crippen MR) is 68.2 cm³/mol. The van der Waals surface area contributed by atoms with Crippen molar-refractivity contribution in [2.45, 2.75) is 25.3 Å². The molecule has 18 heavy (non-hydrogen) atoms. The molecule has 0 spiro atoms. The topological polar surface area (TPSA) is 66.4 Å². The number of carbonyl (C=O) groups excluding carboxylic acids is 1. The fraction of sp³-hybridized carbons (Fsp3) is 0.286. The van der Waals surface area contributed by atoms with E-state index in [-0.39, 0.29) is 11.4 Å². The molecule has 0 heterocycles. The lowest BCUT2D eigenvalue weighted by molar-refractivity contribution is -0.131. The third-order valence-corrected chi connectivity index (χ3v) is 3.01. The van der Waals surface area contributed by atoms with E-state index in [2.05, 4.69) is 5.32 Å². The van der Waals surface area contributed by atoms with Crippen molar-refractivity contribution in [3.05, 3.63) is 41.5 Å². The fourth-order valence-electron chi connectivity index (χ4n) is 1.57. The van der Waals surface area contributed by atoms with E-state index in [1.54, 1.807) is 24.3 Å². The van der Waals surface area contributed by atoms with Crippen LogP contribution in [0.3, 0.4) is 0 Å². The number of nitrogens with one attached hydrogen (secondary N) is 1. The second-order valence-corrected chi connectivity index (χ2v) is 4.81. The number of hydrogen-bond donors (Lipinski definition) is 2. The van der Waals surface area contributed by atoms with Gasteiger partial charge in [0.1, 0.15) is 0 Å². The number of carboxylic acid groups (broad SMARTS) is 1. The summed E-state index contributed by atoms with van der Waals surface area (Å²) in [5.41, 5.74) is 1.32. The minimum Gasteiger partial charge on any atom is -0.478 e. The van der Waals surface area contributed by atoms with Crippen molar-refractivity contribution in [1.82, 2.24) is 5.32 Å². The molecule has 1 aromatic carbocycles. The van der Waals surface area contributed by atoms with Gasteiger partial charge in [-0.2, -0.15) is 0 Å². The first-order valence-electron chi connectivity index (χ1n) is 5.82. The van der Waals surface area contributed by atoms with Crippen LogP contribution in [-0.2, 0) is 4.79 Å². The van der Waals surface area contributed by atoms with Gasteiger partial charge in [0.05, 0.1) is 0 Å². The zero-order chi connectivity index (χ0) is 13.2. The van der Waals surface area contributed by atoms with Crippen molar-refractivity contribution in [3.63, 3.8) is 0 Å². The van der Waals surface area contributed by atoms with E-state index in [4.69, 9.17) is 5.11 Å². The number of carbonyl (C=O) groups is 2. The van der Waals surface area contributed by atoms with E-state index < -0.39 is 5.97 Å². The number of amides is 1. The highest BCUT2D eigenvalue weighted by Crippen LogP contribution is 2.34. The number of hydrogen-bond acceptors (Lipinski definition) is 2. The molecular formula is C14H15NO3. The summed E-state index contributed by atoms with van der Waals surface area (Å²) in [6, 6.07) is 6.85. The van der Waals surface area contributed by atoms with Crippen molar-refractivity contribution >= 4 is 18.0 Å². The molecule has 4 heteroatoms. The second-order valence-electron chi connectivity index (χ2n) is 4.81. The van der Waals surface area contributed by atoms with Gasteiger partial charge in [-0.25, -0.2) is 4.79 Å². The van der Waals surface area contributed by atoms with Crippen molar-refractivity contribution in [1.29, 1.82) is 0 Å². The minimum atomic E-state index is -0.988. The maximum atomic E-state index is 11.9. The second kappa shape index (κ2) is 4.64. The summed E-state index contributed by atoms with van der Waals surface area (Å²) in [5.74, 6) is -1.07. The largest absolute Gasteiger partial charge is 0.478 e. The molecule has 1 amide bonds. The van der Waals surface area contributed by atoms with Gasteiger partial charge in [0.15, 0.2) is 0 Å². The van der Waals surface area contributed by atoms with E-state index in [9.17, 15) is 9.59 Å². The van der Waals surface area contributed by atoms with E-state index in [0.717, 1.165) is 24.5 Å². The molecule has 2 N–H and O–H groups in total. The van der Waals surface area contributed by atoms with Gasteiger partial charge in [0.2, 0.25) is 0 Å². The number of carboxylic acids is 1.